The second kappa shape index (κ2) is 6.32. The lowest BCUT2D eigenvalue weighted by molar-refractivity contribution is 1.11. The number of H-pyrrole nitrogens is 2. The lowest BCUT2D eigenvalue weighted by Crippen LogP contribution is -1.88. The first-order valence-corrected chi connectivity index (χ1v) is 9.92. The molecule has 6 aromatic heterocycles. The smallest absolute Gasteiger partial charge is 0.116 e. The van der Waals surface area contributed by atoms with Gasteiger partial charge in [-0.25, -0.2) is 0 Å². The van der Waals surface area contributed by atoms with Crippen molar-refractivity contribution in [1.29, 1.82) is 0 Å². The van der Waals surface area contributed by atoms with Crippen LogP contribution in [0.1, 0.15) is 0 Å². The quantitative estimate of drug-likeness (QED) is 0.453. The van der Waals surface area contributed by atoms with Crippen molar-refractivity contribution in [3.05, 3.63) is 66.0 Å². The summed E-state index contributed by atoms with van der Waals surface area (Å²) in [4.78, 5) is 21.0. The number of aromatic amines is 2. The zero-order valence-corrected chi connectivity index (χ0v) is 15.8. The maximum atomic E-state index is 4.59. The van der Waals surface area contributed by atoms with Crippen LogP contribution in [0.2, 0.25) is 0 Å². The van der Waals surface area contributed by atoms with Gasteiger partial charge in [-0.1, -0.05) is 0 Å². The first kappa shape index (κ1) is 16.1. The van der Waals surface area contributed by atoms with Crippen LogP contribution >= 0.6 is 11.3 Å². The van der Waals surface area contributed by atoms with E-state index in [-0.39, 0.29) is 0 Å². The van der Waals surface area contributed by atoms with E-state index in [0.717, 1.165) is 55.8 Å². The minimum absolute atomic E-state index is 0.724. The summed E-state index contributed by atoms with van der Waals surface area (Å²) in [5.41, 5.74) is 7.21. The fraction of sp³-hybridized carbons (Fsp3) is 0. The van der Waals surface area contributed by atoms with Gasteiger partial charge in [0.15, 0.2) is 0 Å². The Hall–Kier alpha value is -3.91. The molecule has 0 radical (unpaired) electrons. The van der Waals surface area contributed by atoms with E-state index in [1.165, 1.54) is 0 Å². The molecule has 0 fully saturated rings. The van der Waals surface area contributed by atoms with Crippen LogP contribution in [0.15, 0.2) is 66.0 Å². The van der Waals surface area contributed by atoms with Gasteiger partial charge in [-0.15, -0.1) is 0 Å². The Balaban J connectivity index is 1.53. The van der Waals surface area contributed by atoms with E-state index >= 15 is 0 Å². The normalized spacial score (nSPS) is 11.4. The Morgan fingerprint density at radius 1 is 0.793 bits per heavy atom. The van der Waals surface area contributed by atoms with Crippen LogP contribution in [0.5, 0.6) is 0 Å². The monoisotopic (exact) mass is 395 g/mol. The van der Waals surface area contributed by atoms with Gasteiger partial charge in [0.1, 0.15) is 11.4 Å². The molecular weight excluding hydrogens is 382 g/mol. The van der Waals surface area contributed by atoms with Gasteiger partial charge in [0.25, 0.3) is 0 Å². The van der Waals surface area contributed by atoms with Crippen LogP contribution in [0.4, 0.5) is 0 Å². The average Bonchev–Trinajstić information content (AvgIpc) is 3.52. The molecule has 138 valence electrons. The predicted octanol–water partition coefficient (Wildman–Crippen LogP) is 4.69. The van der Waals surface area contributed by atoms with E-state index in [1.54, 1.807) is 36.1 Å². The largest absolute Gasteiger partial charge is 0.353 e. The maximum Gasteiger partial charge on any atom is 0.116 e. The molecule has 6 aromatic rings. The SMILES string of the molecule is c1cnc(-c2cc3c(-c4cc5c(-c6ccsc6)nccc5[nH]4)n[nH]c3cn2)cn1. The molecule has 0 aromatic carbocycles. The van der Waals surface area contributed by atoms with Crippen LogP contribution in [0.3, 0.4) is 0 Å². The zero-order valence-electron chi connectivity index (χ0n) is 15.0. The third-order valence-corrected chi connectivity index (χ3v) is 5.55. The van der Waals surface area contributed by atoms with Crippen molar-refractivity contribution >= 4 is 33.1 Å². The lowest BCUT2D eigenvalue weighted by atomic mass is 10.1. The van der Waals surface area contributed by atoms with Gasteiger partial charge in [0.2, 0.25) is 0 Å². The Kier molecular flexibility index (Phi) is 3.50. The van der Waals surface area contributed by atoms with Gasteiger partial charge in [0.05, 0.1) is 35.0 Å². The second-order valence-corrected chi connectivity index (χ2v) is 7.37. The fourth-order valence-corrected chi connectivity index (χ4v) is 4.14. The molecule has 0 unspecified atom stereocenters. The van der Waals surface area contributed by atoms with E-state index in [0.29, 0.717) is 0 Å². The van der Waals surface area contributed by atoms with E-state index in [9.17, 15) is 0 Å². The summed E-state index contributed by atoms with van der Waals surface area (Å²) in [6.45, 7) is 0. The molecule has 6 heterocycles. The minimum atomic E-state index is 0.724. The van der Waals surface area contributed by atoms with E-state index in [1.807, 2.05) is 18.3 Å². The van der Waals surface area contributed by atoms with Gasteiger partial charge in [-0.05, 0) is 29.6 Å². The summed E-state index contributed by atoms with van der Waals surface area (Å²) in [6.07, 6.45) is 8.61. The van der Waals surface area contributed by atoms with Crippen LogP contribution in [0, 0.1) is 0 Å². The molecule has 2 N–H and O–H groups in total. The van der Waals surface area contributed by atoms with Crippen molar-refractivity contribution in [2.24, 2.45) is 0 Å². The average molecular weight is 395 g/mol. The van der Waals surface area contributed by atoms with Crippen LogP contribution in [0.25, 0.3) is 55.8 Å². The number of hydrogen-bond donors (Lipinski definition) is 2. The van der Waals surface area contributed by atoms with Crippen molar-refractivity contribution in [3.8, 4) is 34.0 Å². The highest BCUT2D eigenvalue weighted by Gasteiger charge is 2.15. The Morgan fingerprint density at radius 2 is 1.76 bits per heavy atom. The highest BCUT2D eigenvalue weighted by Crippen LogP contribution is 2.34. The number of pyridine rings is 2. The number of nitrogens with one attached hydrogen (secondary N) is 2. The number of aromatic nitrogens is 7. The topological polar surface area (TPSA) is 96.0 Å². The lowest BCUT2D eigenvalue weighted by Gasteiger charge is -1.99. The van der Waals surface area contributed by atoms with Gasteiger partial charge < -0.3 is 4.98 Å². The zero-order chi connectivity index (χ0) is 19.2. The molecule has 7 nitrogen and oxygen atoms in total. The molecule has 6 rings (SSSR count). The van der Waals surface area contributed by atoms with E-state index < -0.39 is 0 Å². The van der Waals surface area contributed by atoms with Crippen LogP contribution < -0.4 is 0 Å². The fourth-order valence-electron chi connectivity index (χ4n) is 3.50. The van der Waals surface area contributed by atoms with Gasteiger partial charge in [0, 0.05) is 45.8 Å². The van der Waals surface area contributed by atoms with Crippen molar-refractivity contribution in [1.82, 2.24) is 35.1 Å². The molecule has 0 amide bonds. The highest BCUT2D eigenvalue weighted by molar-refractivity contribution is 7.08. The van der Waals surface area contributed by atoms with E-state index in [4.69, 9.17) is 0 Å². The number of hydrogen-bond acceptors (Lipinski definition) is 6. The summed E-state index contributed by atoms with van der Waals surface area (Å²) in [5.74, 6) is 0. The first-order chi connectivity index (χ1) is 14.4. The van der Waals surface area contributed by atoms with Crippen molar-refractivity contribution < 1.29 is 0 Å². The van der Waals surface area contributed by atoms with Crippen LogP contribution in [-0.2, 0) is 0 Å². The number of thiophene rings is 1. The molecule has 0 aliphatic heterocycles. The molecule has 0 saturated carbocycles. The summed E-state index contributed by atoms with van der Waals surface area (Å²) in [7, 11) is 0. The standard InChI is InChI=1S/C21H13N7S/c1-3-24-20(12-2-6-29-11-12)13-8-17(26-15(1)13)21-14-7-16(19-9-22-4-5-23-19)25-10-18(14)27-28-21/h1-11,26H,(H,27,28). The molecule has 0 bridgehead atoms. The first-order valence-electron chi connectivity index (χ1n) is 8.98. The molecular formula is C21H13N7S. The highest BCUT2D eigenvalue weighted by atomic mass is 32.1. The van der Waals surface area contributed by atoms with Crippen molar-refractivity contribution in [3.63, 3.8) is 0 Å². The molecule has 8 heteroatoms. The van der Waals surface area contributed by atoms with Gasteiger partial charge in [-0.2, -0.15) is 16.4 Å². The summed E-state index contributed by atoms with van der Waals surface area (Å²) in [6, 6.07) is 8.16. The molecule has 0 spiro atoms. The maximum absolute atomic E-state index is 4.59. The summed E-state index contributed by atoms with van der Waals surface area (Å²) in [5, 5.41) is 13.8. The van der Waals surface area contributed by atoms with E-state index in [2.05, 4.69) is 58.0 Å². The Morgan fingerprint density at radius 3 is 2.62 bits per heavy atom. The van der Waals surface area contributed by atoms with Crippen molar-refractivity contribution in [2.45, 2.75) is 0 Å². The molecule has 0 atom stereocenters. The summed E-state index contributed by atoms with van der Waals surface area (Å²) < 4.78 is 0. The second-order valence-electron chi connectivity index (χ2n) is 6.59. The Bertz CT molecular complexity index is 1450. The number of nitrogens with zero attached hydrogens (tertiary/aromatic N) is 5. The minimum Gasteiger partial charge on any atom is -0.353 e. The molecule has 0 aliphatic rings. The number of fused-ring (bicyclic) bond motifs is 2. The van der Waals surface area contributed by atoms with Gasteiger partial charge >= 0.3 is 0 Å². The third-order valence-electron chi connectivity index (χ3n) is 4.87. The van der Waals surface area contributed by atoms with Crippen LogP contribution in [-0.4, -0.2) is 35.1 Å². The molecule has 0 saturated heterocycles. The summed E-state index contributed by atoms with van der Waals surface area (Å²) >= 11 is 1.66. The predicted molar refractivity (Wildman–Crippen MR) is 113 cm³/mol. The van der Waals surface area contributed by atoms with Gasteiger partial charge in [-0.3, -0.25) is 25.0 Å². The molecule has 29 heavy (non-hydrogen) atoms. The number of rotatable bonds is 3. The third kappa shape index (κ3) is 2.61. The Labute approximate surface area is 168 Å². The molecule has 0 aliphatic carbocycles. The van der Waals surface area contributed by atoms with Crippen molar-refractivity contribution in [2.75, 3.05) is 0 Å².